The van der Waals surface area contributed by atoms with Crippen LogP contribution < -0.4 is 24.8 Å². The summed E-state index contributed by atoms with van der Waals surface area (Å²) in [5.41, 5.74) is 2.98. The highest BCUT2D eigenvalue weighted by Gasteiger charge is 2.13. The summed E-state index contributed by atoms with van der Waals surface area (Å²) in [7, 11) is 4.73. The molecule has 0 aliphatic carbocycles. The van der Waals surface area contributed by atoms with Crippen LogP contribution >= 0.6 is 0 Å². The standard InChI is InChI=1S/C20H26N2O4/c1-5-14-6-8-16(9-7-14)22-20(23)21-11-10-15-12-17(24-2)19(26-4)18(13-15)25-3/h6-9,12-13H,5,10-11H2,1-4H3,(H2,21,22,23). The minimum atomic E-state index is -0.235. The minimum Gasteiger partial charge on any atom is -0.493 e. The quantitative estimate of drug-likeness (QED) is 0.756. The largest absolute Gasteiger partial charge is 0.493 e. The van der Waals surface area contributed by atoms with Gasteiger partial charge in [-0.15, -0.1) is 0 Å². The number of benzene rings is 2. The summed E-state index contributed by atoms with van der Waals surface area (Å²) < 4.78 is 16.0. The van der Waals surface area contributed by atoms with Gasteiger partial charge in [0.2, 0.25) is 5.75 Å². The number of amides is 2. The fraction of sp³-hybridized carbons (Fsp3) is 0.350. The van der Waals surface area contributed by atoms with Crippen LogP contribution in [0.5, 0.6) is 17.2 Å². The third kappa shape index (κ3) is 5.05. The van der Waals surface area contributed by atoms with Crippen molar-refractivity contribution < 1.29 is 19.0 Å². The summed E-state index contributed by atoms with van der Waals surface area (Å²) in [4.78, 5) is 12.0. The molecular formula is C20H26N2O4. The van der Waals surface area contributed by atoms with Crippen molar-refractivity contribution in [3.8, 4) is 17.2 Å². The van der Waals surface area contributed by atoms with Crippen LogP contribution in [-0.4, -0.2) is 33.9 Å². The van der Waals surface area contributed by atoms with Crippen LogP contribution in [0.3, 0.4) is 0 Å². The van der Waals surface area contributed by atoms with Crippen LogP contribution in [0.2, 0.25) is 0 Å². The molecule has 0 radical (unpaired) electrons. The second kappa shape index (κ2) is 9.56. The molecule has 0 fully saturated rings. The van der Waals surface area contributed by atoms with E-state index >= 15 is 0 Å². The molecule has 6 heteroatoms. The van der Waals surface area contributed by atoms with Gasteiger partial charge >= 0.3 is 6.03 Å². The predicted molar refractivity (Wildman–Crippen MR) is 103 cm³/mol. The first kappa shape index (κ1) is 19.4. The third-order valence-corrected chi connectivity index (χ3v) is 4.04. The Kier molecular flexibility index (Phi) is 7.14. The molecule has 2 aromatic rings. The molecule has 0 aliphatic heterocycles. The number of ether oxygens (including phenoxy) is 3. The first-order valence-corrected chi connectivity index (χ1v) is 8.54. The fourth-order valence-corrected chi connectivity index (χ4v) is 2.60. The molecule has 2 rings (SSSR count). The Morgan fingerprint density at radius 2 is 1.54 bits per heavy atom. The Balaban J connectivity index is 1.91. The van der Waals surface area contributed by atoms with Crippen molar-refractivity contribution in [1.29, 1.82) is 0 Å². The summed E-state index contributed by atoms with van der Waals surface area (Å²) in [6, 6.07) is 11.3. The highest BCUT2D eigenvalue weighted by molar-refractivity contribution is 5.89. The van der Waals surface area contributed by atoms with E-state index in [0.717, 1.165) is 17.7 Å². The lowest BCUT2D eigenvalue weighted by molar-refractivity contribution is 0.252. The van der Waals surface area contributed by atoms with Crippen LogP contribution in [-0.2, 0) is 12.8 Å². The van der Waals surface area contributed by atoms with Crippen molar-refractivity contribution in [2.45, 2.75) is 19.8 Å². The molecule has 2 aromatic carbocycles. The van der Waals surface area contributed by atoms with E-state index in [1.165, 1.54) is 5.56 Å². The Bertz CT molecular complexity index is 704. The SMILES string of the molecule is CCc1ccc(NC(=O)NCCc2cc(OC)c(OC)c(OC)c2)cc1. The van der Waals surface area contributed by atoms with Crippen LogP contribution in [0.15, 0.2) is 36.4 Å². The normalized spacial score (nSPS) is 10.2. The topological polar surface area (TPSA) is 68.8 Å². The van der Waals surface area contributed by atoms with Crippen LogP contribution in [0, 0.1) is 0 Å². The van der Waals surface area contributed by atoms with E-state index in [-0.39, 0.29) is 6.03 Å². The summed E-state index contributed by atoms with van der Waals surface area (Å²) in [5, 5.41) is 5.67. The van der Waals surface area contributed by atoms with Crippen LogP contribution in [0.4, 0.5) is 10.5 Å². The number of hydrogen-bond donors (Lipinski definition) is 2. The van der Waals surface area contributed by atoms with Gasteiger partial charge in [-0.2, -0.15) is 0 Å². The van der Waals surface area contributed by atoms with Crippen molar-refractivity contribution >= 4 is 11.7 Å². The third-order valence-electron chi connectivity index (χ3n) is 4.04. The molecule has 0 bridgehead atoms. The molecular weight excluding hydrogens is 332 g/mol. The summed E-state index contributed by atoms with van der Waals surface area (Å²) in [6.07, 6.45) is 1.61. The predicted octanol–water partition coefficient (Wildman–Crippen LogP) is 3.64. The second-order valence-electron chi connectivity index (χ2n) is 5.71. The Hall–Kier alpha value is -2.89. The zero-order valence-corrected chi connectivity index (χ0v) is 15.7. The van der Waals surface area contributed by atoms with Crippen molar-refractivity contribution in [3.05, 3.63) is 47.5 Å². The van der Waals surface area contributed by atoms with E-state index in [1.807, 2.05) is 36.4 Å². The Morgan fingerprint density at radius 1 is 0.923 bits per heavy atom. The van der Waals surface area contributed by atoms with Crippen molar-refractivity contribution in [3.63, 3.8) is 0 Å². The smallest absolute Gasteiger partial charge is 0.319 e. The molecule has 2 amide bonds. The fourth-order valence-electron chi connectivity index (χ4n) is 2.60. The van der Waals surface area contributed by atoms with E-state index < -0.39 is 0 Å². The summed E-state index contributed by atoms with van der Waals surface area (Å²) in [6.45, 7) is 2.58. The van der Waals surface area contributed by atoms with Gasteiger partial charge in [0, 0.05) is 12.2 Å². The molecule has 0 saturated carbocycles. The Labute approximate surface area is 154 Å². The molecule has 26 heavy (non-hydrogen) atoms. The maximum absolute atomic E-state index is 12.0. The van der Waals surface area contributed by atoms with E-state index in [1.54, 1.807) is 21.3 Å². The zero-order valence-electron chi connectivity index (χ0n) is 15.7. The molecule has 0 spiro atoms. The number of urea groups is 1. The number of carbonyl (C=O) groups is 1. The molecule has 2 N–H and O–H groups in total. The van der Waals surface area contributed by atoms with E-state index in [9.17, 15) is 4.79 Å². The first-order chi connectivity index (χ1) is 12.6. The van der Waals surface area contributed by atoms with E-state index in [4.69, 9.17) is 14.2 Å². The lowest BCUT2D eigenvalue weighted by atomic mass is 10.1. The molecule has 0 saturated heterocycles. The molecule has 6 nitrogen and oxygen atoms in total. The maximum Gasteiger partial charge on any atom is 0.319 e. The molecule has 0 heterocycles. The summed E-state index contributed by atoms with van der Waals surface area (Å²) >= 11 is 0. The molecule has 0 unspecified atom stereocenters. The first-order valence-electron chi connectivity index (χ1n) is 8.54. The van der Waals surface area contributed by atoms with Gasteiger partial charge in [0.15, 0.2) is 11.5 Å². The average Bonchev–Trinajstić information content (AvgIpc) is 2.67. The molecule has 0 aliphatic rings. The van der Waals surface area contributed by atoms with Crippen molar-refractivity contribution in [2.24, 2.45) is 0 Å². The highest BCUT2D eigenvalue weighted by Crippen LogP contribution is 2.38. The lowest BCUT2D eigenvalue weighted by Crippen LogP contribution is -2.30. The van der Waals surface area contributed by atoms with Gasteiger partial charge in [-0.25, -0.2) is 4.79 Å². The van der Waals surface area contributed by atoms with Crippen molar-refractivity contribution in [2.75, 3.05) is 33.2 Å². The lowest BCUT2D eigenvalue weighted by Gasteiger charge is -2.14. The summed E-state index contributed by atoms with van der Waals surface area (Å²) in [5.74, 6) is 1.75. The minimum absolute atomic E-state index is 0.235. The molecule has 0 atom stereocenters. The van der Waals surface area contributed by atoms with Gasteiger partial charge in [0.25, 0.3) is 0 Å². The molecule has 0 aromatic heterocycles. The van der Waals surface area contributed by atoms with E-state index in [0.29, 0.717) is 30.2 Å². The van der Waals surface area contributed by atoms with Gasteiger partial charge in [-0.3, -0.25) is 0 Å². The number of carbonyl (C=O) groups excluding carboxylic acids is 1. The zero-order chi connectivity index (χ0) is 18.9. The van der Waals surface area contributed by atoms with E-state index in [2.05, 4.69) is 17.6 Å². The number of aryl methyl sites for hydroxylation is 1. The van der Waals surface area contributed by atoms with Gasteiger partial charge in [-0.1, -0.05) is 19.1 Å². The number of rotatable bonds is 8. The second-order valence-corrected chi connectivity index (χ2v) is 5.71. The monoisotopic (exact) mass is 358 g/mol. The highest BCUT2D eigenvalue weighted by atomic mass is 16.5. The number of nitrogens with one attached hydrogen (secondary N) is 2. The van der Waals surface area contributed by atoms with Gasteiger partial charge in [0.05, 0.1) is 21.3 Å². The van der Waals surface area contributed by atoms with Gasteiger partial charge in [-0.05, 0) is 48.2 Å². The van der Waals surface area contributed by atoms with Crippen LogP contribution in [0.25, 0.3) is 0 Å². The van der Waals surface area contributed by atoms with Crippen molar-refractivity contribution in [1.82, 2.24) is 5.32 Å². The maximum atomic E-state index is 12.0. The van der Waals surface area contributed by atoms with Gasteiger partial charge < -0.3 is 24.8 Å². The Morgan fingerprint density at radius 3 is 2.04 bits per heavy atom. The number of methoxy groups -OCH3 is 3. The number of hydrogen-bond acceptors (Lipinski definition) is 4. The van der Waals surface area contributed by atoms with Gasteiger partial charge in [0.1, 0.15) is 0 Å². The average molecular weight is 358 g/mol. The molecule has 140 valence electrons. The number of anilines is 1. The van der Waals surface area contributed by atoms with Crippen LogP contribution in [0.1, 0.15) is 18.1 Å².